The Labute approximate surface area is 76.0 Å². The number of nitriles is 1. The first kappa shape index (κ1) is 11.4. The molecule has 0 aromatic heterocycles. The van der Waals surface area contributed by atoms with Crippen molar-refractivity contribution >= 4 is 0 Å². The van der Waals surface area contributed by atoms with Crippen LogP contribution in [0.3, 0.4) is 0 Å². The molecule has 0 aliphatic rings. The van der Waals surface area contributed by atoms with E-state index >= 15 is 0 Å². The summed E-state index contributed by atoms with van der Waals surface area (Å²) in [6.07, 6.45) is 4.20. The van der Waals surface area contributed by atoms with Crippen LogP contribution in [0.15, 0.2) is 0 Å². The molecule has 2 unspecified atom stereocenters. The first-order chi connectivity index (χ1) is 5.74. The molecule has 0 saturated heterocycles. The molecule has 2 nitrogen and oxygen atoms in total. The lowest BCUT2D eigenvalue weighted by Gasteiger charge is -2.19. The molecule has 0 heterocycles. The highest BCUT2D eigenvalue weighted by Crippen LogP contribution is 2.03. The summed E-state index contributed by atoms with van der Waals surface area (Å²) in [6.45, 7) is 6.45. The third-order valence-corrected chi connectivity index (χ3v) is 2.05. The number of hydrogen-bond donors (Lipinski definition) is 1. The van der Waals surface area contributed by atoms with Crippen molar-refractivity contribution in [1.82, 2.24) is 5.32 Å². The summed E-state index contributed by atoms with van der Waals surface area (Å²) in [6, 6.07) is 3.11. The molecule has 70 valence electrons. The van der Waals surface area contributed by atoms with Crippen molar-refractivity contribution in [2.45, 2.75) is 58.5 Å². The van der Waals surface area contributed by atoms with E-state index in [2.05, 4.69) is 32.2 Å². The molecule has 0 aromatic rings. The maximum Gasteiger partial charge on any atom is 0.0638 e. The van der Waals surface area contributed by atoms with Crippen LogP contribution in [-0.4, -0.2) is 12.1 Å². The van der Waals surface area contributed by atoms with Gasteiger partial charge in [-0.2, -0.15) is 5.26 Å². The standard InChI is InChI=1S/C10H20N2/c1-4-6-10(5-2)12-9(3)7-8-11/h9-10,12H,4-7H2,1-3H3. The van der Waals surface area contributed by atoms with Crippen molar-refractivity contribution in [2.75, 3.05) is 0 Å². The first-order valence-electron chi connectivity index (χ1n) is 4.87. The van der Waals surface area contributed by atoms with Crippen molar-refractivity contribution in [3.05, 3.63) is 0 Å². The Morgan fingerprint density at radius 1 is 1.42 bits per heavy atom. The zero-order chi connectivity index (χ0) is 9.40. The SMILES string of the molecule is CCCC(CC)NC(C)CC#N. The lowest BCUT2D eigenvalue weighted by Crippen LogP contribution is -2.35. The zero-order valence-electron chi connectivity index (χ0n) is 8.43. The van der Waals surface area contributed by atoms with Crippen molar-refractivity contribution < 1.29 is 0 Å². The van der Waals surface area contributed by atoms with Crippen LogP contribution < -0.4 is 5.32 Å². The molecule has 0 radical (unpaired) electrons. The lowest BCUT2D eigenvalue weighted by atomic mass is 10.1. The van der Waals surface area contributed by atoms with Gasteiger partial charge < -0.3 is 5.32 Å². The third kappa shape index (κ3) is 5.15. The second-order valence-corrected chi connectivity index (χ2v) is 3.32. The summed E-state index contributed by atoms with van der Waals surface area (Å²) in [5, 5.41) is 11.9. The van der Waals surface area contributed by atoms with Gasteiger partial charge in [0.1, 0.15) is 0 Å². The summed E-state index contributed by atoms with van der Waals surface area (Å²) in [5.41, 5.74) is 0. The molecule has 0 aliphatic heterocycles. The minimum Gasteiger partial charge on any atom is -0.310 e. The maximum absolute atomic E-state index is 8.46. The molecule has 0 spiro atoms. The van der Waals surface area contributed by atoms with Gasteiger partial charge in [0.25, 0.3) is 0 Å². The predicted molar refractivity (Wildman–Crippen MR) is 51.8 cm³/mol. The topological polar surface area (TPSA) is 35.8 Å². The van der Waals surface area contributed by atoms with E-state index in [1.165, 1.54) is 12.8 Å². The molecule has 2 heteroatoms. The van der Waals surface area contributed by atoms with Crippen molar-refractivity contribution in [1.29, 1.82) is 5.26 Å². The lowest BCUT2D eigenvalue weighted by molar-refractivity contribution is 0.413. The smallest absolute Gasteiger partial charge is 0.0638 e. The van der Waals surface area contributed by atoms with Gasteiger partial charge in [-0.25, -0.2) is 0 Å². The monoisotopic (exact) mass is 168 g/mol. The van der Waals surface area contributed by atoms with Gasteiger partial charge in [0.2, 0.25) is 0 Å². The molecular formula is C10H20N2. The highest BCUT2D eigenvalue weighted by atomic mass is 14.9. The summed E-state index contributed by atoms with van der Waals surface area (Å²) in [5.74, 6) is 0. The van der Waals surface area contributed by atoms with Crippen LogP contribution in [0.4, 0.5) is 0 Å². The highest BCUT2D eigenvalue weighted by Gasteiger charge is 2.07. The fraction of sp³-hybridized carbons (Fsp3) is 0.900. The van der Waals surface area contributed by atoms with Crippen LogP contribution in [0, 0.1) is 11.3 Å². The van der Waals surface area contributed by atoms with Crippen molar-refractivity contribution in [3.63, 3.8) is 0 Å². The third-order valence-electron chi connectivity index (χ3n) is 2.05. The Hall–Kier alpha value is -0.550. The van der Waals surface area contributed by atoms with E-state index in [1.54, 1.807) is 0 Å². The molecule has 0 saturated carbocycles. The van der Waals surface area contributed by atoms with Crippen LogP contribution in [0.1, 0.15) is 46.5 Å². The molecule has 0 aliphatic carbocycles. The van der Waals surface area contributed by atoms with Gasteiger partial charge in [-0.3, -0.25) is 0 Å². The van der Waals surface area contributed by atoms with Crippen LogP contribution in [0.25, 0.3) is 0 Å². The van der Waals surface area contributed by atoms with Crippen LogP contribution >= 0.6 is 0 Å². The summed E-state index contributed by atoms with van der Waals surface area (Å²) < 4.78 is 0. The Balaban J connectivity index is 3.62. The van der Waals surface area contributed by atoms with Gasteiger partial charge in [0.15, 0.2) is 0 Å². The van der Waals surface area contributed by atoms with E-state index in [9.17, 15) is 0 Å². The van der Waals surface area contributed by atoms with Gasteiger partial charge in [-0.15, -0.1) is 0 Å². The van der Waals surface area contributed by atoms with Crippen LogP contribution in [0.2, 0.25) is 0 Å². The summed E-state index contributed by atoms with van der Waals surface area (Å²) >= 11 is 0. The van der Waals surface area contributed by atoms with E-state index in [0.717, 1.165) is 6.42 Å². The minimum atomic E-state index is 0.339. The Morgan fingerprint density at radius 2 is 2.08 bits per heavy atom. The quantitative estimate of drug-likeness (QED) is 0.661. The summed E-state index contributed by atoms with van der Waals surface area (Å²) in [7, 11) is 0. The number of nitrogens with one attached hydrogen (secondary N) is 1. The van der Waals surface area contributed by atoms with Crippen LogP contribution in [-0.2, 0) is 0 Å². The number of nitrogens with zero attached hydrogens (tertiary/aromatic N) is 1. The van der Waals surface area contributed by atoms with E-state index in [0.29, 0.717) is 18.5 Å². The molecule has 0 amide bonds. The number of rotatable bonds is 6. The average Bonchev–Trinajstić information content (AvgIpc) is 2.04. The van der Waals surface area contributed by atoms with Crippen molar-refractivity contribution in [3.8, 4) is 6.07 Å². The molecular weight excluding hydrogens is 148 g/mol. The number of hydrogen-bond acceptors (Lipinski definition) is 2. The second kappa shape index (κ2) is 7.12. The Morgan fingerprint density at radius 3 is 2.50 bits per heavy atom. The van der Waals surface area contributed by atoms with E-state index in [-0.39, 0.29) is 0 Å². The normalized spacial score (nSPS) is 15.2. The second-order valence-electron chi connectivity index (χ2n) is 3.32. The first-order valence-corrected chi connectivity index (χ1v) is 4.87. The van der Waals surface area contributed by atoms with Gasteiger partial charge in [0.05, 0.1) is 12.5 Å². The predicted octanol–water partition coefficient (Wildman–Crippen LogP) is 2.46. The van der Waals surface area contributed by atoms with E-state index < -0.39 is 0 Å². The Kier molecular flexibility index (Phi) is 6.79. The van der Waals surface area contributed by atoms with Gasteiger partial charge in [-0.1, -0.05) is 20.3 Å². The highest BCUT2D eigenvalue weighted by molar-refractivity contribution is 4.79. The average molecular weight is 168 g/mol. The fourth-order valence-electron chi connectivity index (χ4n) is 1.35. The molecule has 1 N–H and O–H groups in total. The molecule has 12 heavy (non-hydrogen) atoms. The van der Waals surface area contributed by atoms with Gasteiger partial charge >= 0.3 is 0 Å². The fourth-order valence-corrected chi connectivity index (χ4v) is 1.35. The largest absolute Gasteiger partial charge is 0.310 e. The molecule has 0 rings (SSSR count). The zero-order valence-corrected chi connectivity index (χ0v) is 8.43. The van der Waals surface area contributed by atoms with Crippen molar-refractivity contribution in [2.24, 2.45) is 0 Å². The van der Waals surface area contributed by atoms with Gasteiger partial charge in [0, 0.05) is 12.1 Å². The van der Waals surface area contributed by atoms with Gasteiger partial charge in [-0.05, 0) is 19.8 Å². The molecule has 0 aromatic carbocycles. The Bertz CT molecular complexity index is 137. The molecule has 0 bridgehead atoms. The molecule has 2 atom stereocenters. The maximum atomic E-state index is 8.46. The van der Waals surface area contributed by atoms with E-state index in [4.69, 9.17) is 5.26 Å². The minimum absolute atomic E-state index is 0.339. The molecule has 0 fully saturated rings. The summed E-state index contributed by atoms with van der Waals surface area (Å²) in [4.78, 5) is 0. The van der Waals surface area contributed by atoms with Crippen LogP contribution in [0.5, 0.6) is 0 Å². The van der Waals surface area contributed by atoms with E-state index in [1.807, 2.05) is 0 Å².